The maximum absolute atomic E-state index is 13.0. The molecule has 1 fully saturated rings. The predicted molar refractivity (Wildman–Crippen MR) is 113 cm³/mol. The molecule has 0 spiro atoms. The molecule has 8 heteroatoms. The molecule has 0 saturated carbocycles. The van der Waals surface area contributed by atoms with Crippen molar-refractivity contribution in [2.75, 3.05) is 11.5 Å². The minimum absolute atomic E-state index is 0.270. The highest BCUT2D eigenvalue weighted by atomic mass is 35.5. The standard InChI is InChI=1S/C20H18Cl2N2O3S/c1-3-26-18(25)16-17-14-10-12(22)6-9-15(14)27-20(16,2)24(19(28)23-17)13-7-4-11(21)5-8-13/h4-10,16-17H,3H2,1-2H3,(H,23,28)/t16-,17-,20-/m0/s1. The van der Waals surface area contributed by atoms with Crippen LogP contribution in [0.5, 0.6) is 5.75 Å². The van der Waals surface area contributed by atoms with E-state index in [2.05, 4.69) is 5.32 Å². The van der Waals surface area contributed by atoms with Gasteiger partial charge < -0.3 is 14.8 Å². The summed E-state index contributed by atoms with van der Waals surface area (Å²) in [6.07, 6.45) is 0. The molecule has 4 rings (SSSR count). The molecule has 1 N–H and O–H groups in total. The lowest BCUT2D eigenvalue weighted by molar-refractivity contribution is -0.159. The molecule has 0 unspecified atom stereocenters. The molecular weight excluding hydrogens is 419 g/mol. The fraction of sp³-hybridized carbons (Fsp3) is 0.300. The maximum Gasteiger partial charge on any atom is 0.317 e. The van der Waals surface area contributed by atoms with Crippen LogP contribution in [-0.2, 0) is 9.53 Å². The lowest BCUT2D eigenvalue weighted by Crippen LogP contribution is -2.71. The van der Waals surface area contributed by atoms with Gasteiger partial charge in [0.15, 0.2) is 5.11 Å². The molecule has 2 heterocycles. The van der Waals surface area contributed by atoms with Crippen molar-refractivity contribution in [1.82, 2.24) is 5.32 Å². The molecule has 2 aliphatic rings. The number of rotatable bonds is 3. The number of halogens is 2. The van der Waals surface area contributed by atoms with Crippen LogP contribution in [0.1, 0.15) is 25.5 Å². The van der Waals surface area contributed by atoms with Gasteiger partial charge in [-0.1, -0.05) is 23.2 Å². The lowest BCUT2D eigenvalue weighted by Gasteiger charge is -2.55. The van der Waals surface area contributed by atoms with Gasteiger partial charge in [-0.05, 0) is 68.5 Å². The van der Waals surface area contributed by atoms with E-state index in [9.17, 15) is 4.79 Å². The average molecular weight is 437 g/mol. The molecule has 0 aromatic heterocycles. The molecule has 28 heavy (non-hydrogen) atoms. The van der Waals surface area contributed by atoms with Crippen LogP contribution in [0, 0.1) is 5.92 Å². The molecule has 0 aliphatic carbocycles. The van der Waals surface area contributed by atoms with Gasteiger partial charge in [-0.2, -0.15) is 0 Å². The van der Waals surface area contributed by atoms with Crippen LogP contribution >= 0.6 is 35.4 Å². The molecule has 0 radical (unpaired) electrons. The van der Waals surface area contributed by atoms with Crippen molar-refractivity contribution in [1.29, 1.82) is 0 Å². The molecule has 3 atom stereocenters. The van der Waals surface area contributed by atoms with Crippen LogP contribution in [0.4, 0.5) is 5.69 Å². The molecular formula is C20H18Cl2N2O3S. The second-order valence-electron chi connectivity index (χ2n) is 6.81. The summed E-state index contributed by atoms with van der Waals surface area (Å²) in [7, 11) is 0. The Morgan fingerprint density at radius 1 is 1.25 bits per heavy atom. The van der Waals surface area contributed by atoms with Gasteiger partial charge in [-0.3, -0.25) is 9.69 Å². The summed E-state index contributed by atoms with van der Waals surface area (Å²) in [6.45, 7) is 3.90. The van der Waals surface area contributed by atoms with E-state index in [4.69, 9.17) is 44.9 Å². The maximum atomic E-state index is 13.0. The summed E-state index contributed by atoms with van der Waals surface area (Å²) in [5.41, 5.74) is 0.448. The fourth-order valence-corrected chi connectivity index (χ4v) is 4.65. The van der Waals surface area contributed by atoms with Gasteiger partial charge in [0.2, 0.25) is 5.72 Å². The summed E-state index contributed by atoms with van der Waals surface area (Å²) in [4.78, 5) is 14.8. The number of carbonyl (C=O) groups excluding carboxylic acids is 1. The minimum Gasteiger partial charge on any atom is -0.466 e. The van der Waals surface area contributed by atoms with E-state index in [1.807, 2.05) is 19.1 Å². The summed E-state index contributed by atoms with van der Waals surface area (Å²) in [5, 5.41) is 4.90. The van der Waals surface area contributed by atoms with Crippen molar-refractivity contribution >= 4 is 52.2 Å². The number of hydrogen-bond donors (Lipinski definition) is 1. The number of carbonyl (C=O) groups is 1. The van der Waals surface area contributed by atoms with Gasteiger partial charge in [0.05, 0.1) is 12.6 Å². The predicted octanol–water partition coefficient (Wildman–Crippen LogP) is 4.72. The molecule has 146 valence electrons. The molecule has 2 bridgehead atoms. The Balaban J connectivity index is 1.89. The average Bonchev–Trinajstić information content (AvgIpc) is 2.63. The highest BCUT2D eigenvalue weighted by Gasteiger charge is 2.59. The number of esters is 1. The Kier molecular flexibility index (Phi) is 4.89. The Labute approximate surface area is 178 Å². The molecule has 2 aromatic rings. The summed E-state index contributed by atoms with van der Waals surface area (Å²) in [6, 6.07) is 12.2. The van der Waals surface area contributed by atoms with Gasteiger partial charge in [-0.15, -0.1) is 0 Å². The zero-order valence-electron chi connectivity index (χ0n) is 15.2. The van der Waals surface area contributed by atoms with Crippen molar-refractivity contribution in [3.63, 3.8) is 0 Å². The van der Waals surface area contributed by atoms with Gasteiger partial charge in [-0.25, -0.2) is 0 Å². The van der Waals surface area contributed by atoms with Crippen LogP contribution in [-0.4, -0.2) is 23.4 Å². The lowest BCUT2D eigenvalue weighted by atomic mass is 9.79. The van der Waals surface area contributed by atoms with E-state index in [-0.39, 0.29) is 12.6 Å². The number of ether oxygens (including phenoxy) is 2. The molecule has 1 saturated heterocycles. The van der Waals surface area contributed by atoms with Crippen molar-refractivity contribution < 1.29 is 14.3 Å². The number of nitrogens with zero attached hydrogens (tertiary/aromatic N) is 1. The van der Waals surface area contributed by atoms with E-state index >= 15 is 0 Å². The molecule has 2 aromatic carbocycles. The summed E-state index contributed by atoms with van der Waals surface area (Å²) < 4.78 is 11.8. The van der Waals surface area contributed by atoms with Crippen LogP contribution < -0.4 is 15.0 Å². The Morgan fingerprint density at radius 3 is 2.61 bits per heavy atom. The van der Waals surface area contributed by atoms with E-state index in [0.717, 1.165) is 11.3 Å². The number of benzene rings is 2. The second kappa shape index (κ2) is 7.10. The van der Waals surface area contributed by atoms with E-state index in [1.165, 1.54) is 0 Å². The highest BCUT2D eigenvalue weighted by Crippen LogP contribution is 2.50. The Hall–Kier alpha value is -2.02. The smallest absolute Gasteiger partial charge is 0.317 e. The molecule has 0 amide bonds. The first-order valence-corrected chi connectivity index (χ1v) is 10.0. The zero-order valence-corrected chi connectivity index (χ0v) is 17.6. The number of hydrogen-bond acceptors (Lipinski definition) is 4. The Bertz CT molecular complexity index is 953. The quantitative estimate of drug-likeness (QED) is 0.554. The van der Waals surface area contributed by atoms with Crippen LogP contribution in [0.3, 0.4) is 0 Å². The third-order valence-corrected chi connectivity index (χ3v) is 5.87. The number of anilines is 1. The molecule has 5 nitrogen and oxygen atoms in total. The van der Waals surface area contributed by atoms with Crippen molar-refractivity contribution in [2.45, 2.75) is 25.6 Å². The van der Waals surface area contributed by atoms with Gasteiger partial charge in [0.25, 0.3) is 0 Å². The largest absolute Gasteiger partial charge is 0.466 e. The zero-order chi connectivity index (χ0) is 20.1. The van der Waals surface area contributed by atoms with E-state index in [0.29, 0.717) is 20.9 Å². The van der Waals surface area contributed by atoms with Crippen LogP contribution in [0.2, 0.25) is 10.0 Å². The number of fused-ring (bicyclic) bond motifs is 4. The first kappa shape index (κ1) is 19.3. The van der Waals surface area contributed by atoms with Crippen molar-refractivity contribution in [3.05, 3.63) is 58.1 Å². The van der Waals surface area contributed by atoms with Crippen molar-refractivity contribution in [2.24, 2.45) is 5.92 Å². The summed E-state index contributed by atoms with van der Waals surface area (Å²) in [5.74, 6) is -0.387. The number of nitrogens with one attached hydrogen (secondary N) is 1. The highest BCUT2D eigenvalue weighted by molar-refractivity contribution is 7.80. The normalized spacial score (nSPS) is 25.4. The van der Waals surface area contributed by atoms with Gasteiger partial charge in [0, 0.05) is 21.3 Å². The second-order valence-corrected chi connectivity index (χ2v) is 8.07. The third kappa shape index (κ3) is 3.00. The van der Waals surface area contributed by atoms with E-state index < -0.39 is 17.7 Å². The topological polar surface area (TPSA) is 50.8 Å². The van der Waals surface area contributed by atoms with Crippen LogP contribution in [0.15, 0.2) is 42.5 Å². The molecule has 2 aliphatic heterocycles. The minimum atomic E-state index is -1.09. The van der Waals surface area contributed by atoms with Gasteiger partial charge in [0.1, 0.15) is 11.7 Å². The summed E-state index contributed by atoms with van der Waals surface area (Å²) >= 11 is 17.9. The Morgan fingerprint density at radius 2 is 1.93 bits per heavy atom. The van der Waals surface area contributed by atoms with Crippen LogP contribution in [0.25, 0.3) is 0 Å². The third-order valence-electron chi connectivity index (χ3n) is 5.09. The monoisotopic (exact) mass is 436 g/mol. The van der Waals surface area contributed by atoms with E-state index in [1.54, 1.807) is 42.2 Å². The van der Waals surface area contributed by atoms with Gasteiger partial charge >= 0.3 is 5.97 Å². The first-order valence-electron chi connectivity index (χ1n) is 8.86. The van der Waals surface area contributed by atoms with Crippen molar-refractivity contribution in [3.8, 4) is 5.75 Å². The first-order chi connectivity index (χ1) is 13.3. The fourth-order valence-electron chi connectivity index (χ4n) is 3.93. The number of thiocarbonyl (C=S) groups is 1. The SMILES string of the molecule is CCOC(=O)[C@@H]1[C@H]2NC(=S)N(c3ccc(Cl)cc3)[C@@]1(C)Oc1ccc(Cl)cc12.